The number of hydrogen-bond donors (Lipinski definition) is 1. The Morgan fingerprint density at radius 3 is 2.92 bits per heavy atom. The van der Waals surface area contributed by atoms with E-state index in [-0.39, 0.29) is 17.6 Å². The number of nitrogens with one attached hydrogen (secondary N) is 1. The van der Waals surface area contributed by atoms with Crippen LogP contribution < -0.4 is 15.1 Å². The average Bonchev–Trinajstić information content (AvgIpc) is 3.57. The topological polar surface area (TPSA) is 95.8 Å². The molecular weight excluding hydrogens is 454 g/mol. The molecule has 9 nitrogen and oxygen atoms in total. The second kappa shape index (κ2) is 8.71. The van der Waals surface area contributed by atoms with E-state index in [2.05, 4.69) is 26.2 Å². The first-order valence-electron chi connectivity index (χ1n) is 13.2. The maximum atomic E-state index is 12.5. The summed E-state index contributed by atoms with van der Waals surface area (Å²) >= 11 is 0. The first-order chi connectivity index (χ1) is 17.3. The van der Waals surface area contributed by atoms with Gasteiger partial charge in [0, 0.05) is 37.3 Å². The molecule has 0 aromatic carbocycles. The Kier molecular flexibility index (Phi) is 5.61. The lowest BCUT2D eigenvalue weighted by atomic mass is 9.81. The van der Waals surface area contributed by atoms with Crippen LogP contribution in [0, 0.1) is 5.41 Å². The Balaban J connectivity index is 1.17. The van der Waals surface area contributed by atoms with E-state index in [1.807, 2.05) is 39.2 Å². The number of amidine groups is 1. The van der Waals surface area contributed by atoms with Crippen LogP contribution in [-0.2, 0) is 17.7 Å². The molecule has 1 spiro atoms. The van der Waals surface area contributed by atoms with Gasteiger partial charge in [0.25, 0.3) is 0 Å². The molecule has 2 fully saturated rings. The summed E-state index contributed by atoms with van der Waals surface area (Å²) in [5.41, 5.74) is 3.64. The van der Waals surface area contributed by atoms with Crippen molar-refractivity contribution in [1.29, 1.82) is 0 Å². The summed E-state index contributed by atoms with van der Waals surface area (Å²) in [5, 5.41) is 3.18. The van der Waals surface area contributed by atoms with Gasteiger partial charge in [-0.25, -0.2) is 14.8 Å². The fraction of sp³-hybridized carbons (Fsp3) is 0.593. The molecule has 1 saturated carbocycles. The zero-order valence-electron chi connectivity index (χ0n) is 21.5. The van der Waals surface area contributed by atoms with Gasteiger partial charge < -0.3 is 19.9 Å². The Morgan fingerprint density at radius 2 is 2.06 bits per heavy atom. The van der Waals surface area contributed by atoms with Crippen LogP contribution in [0.15, 0.2) is 29.5 Å². The number of ether oxygens (including phenoxy) is 1. The number of carbonyl (C=O) groups is 1. The molecule has 1 amide bonds. The summed E-state index contributed by atoms with van der Waals surface area (Å²) in [5.74, 6) is 1.82. The number of aryl methyl sites for hydroxylation is 1. The molecule has 1 N–H and O–H groups in total. The molecule has 1 saturated heterocycles. The molecule has 5 heterocycles. The van der Waals surface area contributed by atoms with Crippen LogP contribution in [0.4, 0.5) is 16.3 Å². The number of alkyl carbamates (subject to hydrolysis) is 1. The van der Waals surface area contributed by atoms with Crippen molar-refractivity contribution in [3.8, 4) is 0 Å². The fourth-order valence-corrected chi connectivity index (χ4v) is 6.31. The monoisotopic (exact) mass is 489 g/mol. The number of aliphatic imine (C=N–C) groups is 1. The Bertz CT molecular complexity index is 1210. The largest absolute Gasteiger partial charge is 0.444 e. The van der Waals surface area contributed by atoms with Gasteiger partial charge in [0.15, 0.2) is 5.84 Å². The number of amides is 1. The molecule has 0 radical (unpaired) electrons. The third-order valence-electron chi connectivity index (χ3n) is 7.94. The third-order valence-corrected chi connectivity index (χ3v) is 7.94. The lowest BCUT2D eigenvalue weighted by Crippen LogP contribution is -2.47. The van der Waals surface area contributed by atoms with Crippen molar-refractivity contribution in [3.63, 3.8) is 0 Å². The zero-order chi connectivity index (χ0) is 24.9. The van der Waals surface area contributed by atoms with E-state index in [0.717, 1.165) is 92.6 Å². The predicted octanol–water partition coefficient (Wildman–Crippen LogP) is 3.86. The van der Waals surface area contributed by atoms with Crippen molar-refractivity contribution in [2.24, 2.45) is 10.4 Å². The molecule has 2 atom stereocenters. The van der Waals surface area contributed by atoms with Crippen molar-refractivity contribution in [1.82, 2.24) is 20.3 Å². The minimum absolute atomic E-state index is 0.0593. The standard InChI is InChI=1S/C27H35N7O2/c1-26(2,3)36-25(35)32-21-9-4-10-27(21)11-14-33(17-27)22-16-29-23-19(31-22)15-30-24(23)34-13-6-7-18-20(34)8-5-12-28-18/h5,8,12,16,21H,4,6-7,9-11,13-15,17H2,1-3H3,(H,32,35). The number of rotatable bonds is 2. The lowest BCUT2D eigenvalue weighted by molar-refractivity contribution is 0.0467. The van der Waals surface area contributed by atoms with Gasteiger partial charge >= 0.3 is 6.09 Å². The lowest BCUT2D eigenvalue weighted by Gasteiger charge is -2.33. The molecular formula is C27H35N7O2. The number of anilines is 2. The molecule has 4 aliphatic rings. The van der Waals surface area contributed by atoms with Crippen molar-refractivity contribution < 1.29 is 9.53 Å². The van der Waals surface area contributed by atoms with Gasteiger partial charge in [-0.2, -0.15) is 0 Å². The summed E-state index contributed by atoms with van der Waals surface area (Å²) in [6, 6.07) is 4.23. The number of fused-ring (bicyclic) bond motifs is 2. The molecule has 2 aromatic rings. The normalized spacial score (nSPS) is 25.1. The Hall–Kier alpha value is -3.23. The van der Waals surface area contributed by atoms with Gasteiger partial charge in [0.1, 0.15) is 17.1 Å². The highest BCUT2D eigenvalue weighted by Gasteiger charge is 2.49. The van der Waals surface area contributed by atoms with E-state index in [0.29, 0.717) is 6.54 Å². The van der Waals surface area contributed by atoms with Crippen LogP contribution in [0.25, 0.3) is 0 Å². The van der Waals surface area contributed by atoms with Gasteiger partial charge in [-0.1, -0.05) is 6.42 Å². The van der Waals surface area contributed by atoms with Gasteiger partial charge in [-0.3, -0.25) is 9.98 Å². The highest BCUT2D eigenvalue weighted by Crippen LogP contribution is 2.46. The van der Waals surface area contributed by atoms with E-state index < -0.39 is 5.60 Å². The van der Waals surface area contributed by atoms with Crippen LogP contribution >= 0.6 is 0 Å². The number of hydrogen-bond acceptors (Lipinski definition) is 8. The van der Waals surface area contributed by atoms with Crippen molar-refractivity contribution >= 4 is 23.4 Å². The minimum Gasteiger partial charge on any atom is -0.444 e. The van der Waals surface area contributed by atoms with E-state index in [1.165, 1.54) is 0 Å². The second-order valence-electron chi connectivity index (χ2n) is 11.5. The molecule has 1 aliphatic carbocycles. The summed E-state index contributed by atoms with van der Waals surface area (Å²) in [6.07, 6.45) is 9.75. The minimum atomic E-state index is -0.495. The van der Waals surface area contributed by atoms with E-state index in [1.54, 1.807) is 0 Å². The molecule has 2 aromatic heterocycles. The van der Waals surface area contributed by atoms with Crippen molar-refractivity contribution in [2.45, 2.75) is 77.5 Å². The summed E-state index contributed by atoms with van der Waals surface area (Å²) in [6.45, 7) is 8.96. The second-order valence-corrected chi connectivity index (χ2v) is 11.5. The highest BCUT2D eigenvalue weighted by molar-refractivity contribution is 6.11. The van der Waals surface area contributed by atoms with Crippen LogP contribution in [0.5, 0.6) is 0 Å². The van der Waals surface area contributed by atoms with Gasteiger partial charge in [-0.05, 0) is 65.0 Å². The summed E-state index contributed by atoms with van der Waals surface area (Å²) < 4.78 is 5.54. The first kappa shape index (κ1) is 23.2. The summed E-state index contributed by atoms with van der Waals surface area (Å²) in [7, 11) is 0. The molecule has 190 valence electrons. The maximum Gasteiger partial charge on any atom is 0.407 e. The maximum absolute atomic E-state index is 12.5. The Morgan fingerprint density at radius 1 is 1.17 bits per heavy atom. The number of nitrogens with zero attached hydrogens (tertiary/aromatic N) is 6. The summed E-state index contributed by atoms with van der Waals surface area (Å²) in [4.78, 5) is 36.4. The van der Waals surface area contributed by atoms with Crippen molar-refractivity contribution in [2.75, 3.05) is 29.4 Å². The average molecular weight is 490 g/mol. The molecule has 2 unspecified atom stereocenters. The number of aromatic nitrogens is 3. The molecule has 9 heteroatoms. The first-order valence-corrected chi connectivity index (χ1v) is 13.2. The van der Waals surface area contributed by atoms with E-state index in [9.17, 15) is 4.79 Å². The van der Waals surface area contributed by atoms with E-state index in [4.69, 9.17) is 19.7 Å². The fourth-order valence-electron chi connectivity index (χ4n) is 6.31. The van der Waals surface area contributed by atoms with Crippen LogP contribution in [0.2, 0.25) is 0 Å². The SMILES string of the molecule is CC(C)(C)OC(=O)NC1CCCC12CCN(c1cnc3c(n1)CN=C3N1CCCc3ncccc31)C2. The molecule has 36 heavy (non-hydrogen) atoms. The van der Waals surface area contributed by atoms with Crippen LogP contribution in [0.1, 0.15) is 70.0 Å². The number of carbonyl (C=O) groups excluding carboxylic acids is 1. The zero-order valence-corrected chi connectivity index (χ0v) is 21.5. The molecule has 0 bridgehead atoms. The molecule has 6 rings (SSSR count). The van der Waals surface area contributed by atoms with Gasteiger partial charge in [-0.15, -0.1) is 0 Å². The van der Waals surface area contributed by atoms with Gasteiger partial charge in [0.2, 0.25) is 0 Å². The van der Waals surface area contributed by atoms with Crippen LogP contribution in [-0.4, -0.2) is 58.2 Å². The van der Waals surface area contributed by atoms with Crippen molar-refractivity contribution in [3.05, 3.63) is 41.6 Å². The highest BCUT2D eigenvalue weighted by atomic mass is 16.6. The smallest absolute Gasteiger partial charge is 0.407 e. The predicted molar refractivity (Wildman–Crippen MR) is 138 cm³/mol. The van der Waals surface area contributed by atoms with Crippen LogP contribution in [0.3, 0.4) is 0 Å². The number of pyridine rings is 1. The van der Waals surface area contributed by atoms with Gasteiger partial charge in [0.05, 0.1) is 29.8 Å². The van der Waals surface area contributed by atoms with E-state index >= 15 is 0 Å². The quantitative estimate of drug-likeness (QED) is 0.684. The third kappa shape index (κ3) is 4.18. The Labute approximate surface area is 212 Å². The molecule has 3 aliphatic heterocycles.